The van der Waals surface area contributed by atoms with Gasteiger partial charge in [-0.15, -0.1) is 12.5 Å². The molecule has 0 amide bonds. The molecule has 0 fully saturated rings. The van der Waals surface area contributed by atoms with Crippen molar-refractivity contribution in [1.29, 1.82) is 0 Å². The Bertz CT molecular complexity index is 720. The van der Waals surface area contributed by atoms with Gasteiger partial charge >= 0.3 is 5.97 Å². The van der Waals surface area contributed by atoms with Crippen LogP contribution in [0, 0.1) is 11.8 Å². The fourth-order valence-corrected chi connectivity index (χ4v) is 2.49. The van der Waals surface area contributed by atoms with E-state index in [9.17, 15) is 4.79 Å². The molecule has 1 unspecified atom stereocenters. The molecule has 0 aliphatic heterocycles. The van der Waals surface area contributed by atoms with E-state index in [2.05, 4.69) is 30.3 Å². The molecule has 0 aliphatic rings. The Kier molecular flexibility index (Phi) is 10.4. The van der Waals surface area contributed by atoms with Crippen molar-refractivity contribution >= 4 is 5.97 Å². The average molecular weight is 367 g/mol. The van der Waals surface area contributed by atoms with Crippen LogP contribution in [0.1, 0.15) is 38.2 Å². The largest absolute Gasteiger partial charge is 0.489 e. The van der Waals surface area contributed by atoms with Crippen LogP contribution in [0.4, 0.5) is 0 Å². The van der Waals surface area contributed by atoms with Crippen molar-refractivity contribution in [2.24, 2.45) is 0 Å². The zero-order valence-corrected chi connectivity index (χ0v) is 16.3. The quantitative estimate of drug-likeness (QED) is 0.250. The van der Waals surface area contributed by atoms with Crippen LogP contribution in [0.25, 0.3) is 0 Å². The molecule has 0 aromatic heterocycles. The van der Waals surface area contributed by atoms with E-state index >= 15 is 0 Å². The van der Waals surface area contributed by atoms with Crippen molar-refractivity contribution in [2.45, 2.75) is 32.6 Å². The number of nitrogens with one attached hydrogen (secondary N) is 1. The fourth-order valence-electron chi connectivity index (χ4n) is 2.49. The van der Waals surface area contributed by atoms with Crippen molar-refractivity contribution in [3.8, 4) is 17.6 Å². The molecule has 0 spiro atoms. The predicted molar refractivity (Wildman–Crippen MR) is 111 cm³/mol. The predicted octanol–water partition coefficient (Wildman–Crippen LogP) is 4.32. The molecule has 0 radical (unpaired) electrons. The zero-order valence-electron chi connectivity index (χ0n) is 16.3. The van der Waals surface area contributed by atoms with Crippen LogP contribution in [-0.2, 0) is 4.79 Å². The molecule has 1 aromatic rings. The lowest BCUT2D eigenvalue weighted by Gasteiger charge is -2.11. The zero-order chi connectivity index (χ0) is 20.1. The van der Waals surface area contributed by atoms with Crippen LogP contribution < -0.4 is 10.1 Å². The molecule has 0 saturated carbocycles. The minimum Gasteiger partial charge on any atom is -0.489 e. The molecular formula is C23H29NO3. The molecule has 1 aromatic carbocycles. The van der Waals surface area contributed by atoms with Crippen LogP contribution >= 0.6 is 0 Å². The van der Waals surface area contributed by atoms with Crippen LogP contribution in [-0.4, -0.2) is 30.8 Å². The lowest BCUT2D eigenvalue weighted by Crippen LogP contribution is -2.17. The Morgan fingerprint density at radius 2 is 2.07 bits per heavy atom. The highest BCUT2D eigenvalue weighted by Crippen LogP contribution is 2.22. The van der Waals surface area contributed by atoms with Crippen molar-refractivity contribution in [3.63, 3.8) is 0 Å². The van der Waals surface area contributed by atoms with Gasteiger partial charge < -0.3 is 15.2 Å². The number of carboxylic acids is 1. The summed E-state index contributed by atoms with van der Waals surface area (Å²) in [5.74, 6) is 5.31. The molecule has 0 heterocycles. The monoisotopic (exact) mass is 367 g/mol. The summed E-state index contributed by atoms with van der Waals surface area (Å²) < 4.78 is 5.79. The van der Waals surface area contributed by atoms with Gasteiger partial charge in [-0.05, 0) is 55.7 Å². The minimum absolute atomic E-state index is 0.00810. The number of hydrogen-bond acceptors (Lipinski definition) is 3. The van der Waals surface area contributed by atoms with E-state index in [0.717, 1.165) is 42.0 Å². The molecule has 2 N–H and O–H groups in total. The molecule has 0 aliphatic carbocycles. The normalized spacial score (nSPS) is 11.9. The number of rotatable bonds is 12. The molecule has 0 saturated heterocycles. The third kappa shape index (κ3) is 9.48. The van der Waals surface area contributed by atoms with Crippen molar-refractivity contribution in [2.75, 3.05) is 19.7 Å². The van der Waals surface area contributed by atoms with Gasteiger partial charge in [-0.3, -0.25) is 4.79 Å². The van der Waals surface area contributed by atoms with Gasteiger partial charge in [0.15, 0.2) is 0 Å². The first kappa shape index (κ1) is 22.3. The van der Waals surface area contributed by atoms with Gasteiger partial charge in [-0.1, -0.05) is 36.8 Å². The molecule has 0 bridgehead atoms. The first-order chi connectivity index (χ1) is 13.0. The van der Waals surface area contributed by atoms with E-state index < -0.39 is 5.97 Å². The Hall–Kier alpha value is -2.77. The molecular weight excluding hydrogens is 338 g/mol. The molecule has 4 nitrogen and oxygen atoms in total. The molecule has 144 valence electrons. The Balaban J connectivity index is 2.55. The smallest absolute Gasteiger partial charge is 0.304 e. The van der Waals surface area contributed by atoms with Crippen LogP contribution in [0.5, 0.6) is 5.75 Å². The summed E-state index contributed by atoms with van der Waals surface area (Å²) in [6.07, 6.45) is 4.84. The SMILES string of the molecule is C=CCCNCC(=C)C=C(C)COc1ccc(C(C#CC)CC(=O)O)cc1. The Morgan fingerprint density at radius 1 is 1.37 bits per heavy atom. The highest BCUT2D eigenvalue weighted by Gasteiger charge is 2.13. The van der Waals surface area contributed by atoms with E-state index in [0.29, 0.717) is 6.61 Å². The maximum Gasteiger partial charge on any atom is 0.304 e. The lowest BCUT2D eigenvalue weighted by atomic mass is 9.96. The maximum atomic E-state index is 11.0. The van der Waals surface area contributed by atoms with Crippen LogP contribution in [0.15, 0.2) is 60.7 Å². The third-order valence-electron chi connectivity index (χ3n) is 3.77. The van der Waals surface area contributed by atoms with Crippen LogP contribution in [0.3, 0.4) is 0 Å². The summed E-state index contributed by atoms with van der Waals surface area (Å²) in [6, 6.07) is 7.44. The number of carbonyl (C=O) groups is 1. The summed E-state index contributed by atoms with van der Waals surface area (Å²) in [5, 5.41) is 12.3. The highest BCUT2D eigenvalue weighted by molar-refractivity contribution is 5.69. The summed E-state index contributed by atoms with van der Waals surface area (Å²) >= 11 is 0. The van der Waals surface area contributed by atoms with E-state index in [1.807, 2.05) is 43.3 Å². The number of ether oxygens (including phenoxy) is 1. The van der Waals surface area contributed by atoms with Gasteiger partial charge in [0.1, 0.15) is 12.4 Å². The second-order valence-electron chi connectivity index (χ2n) is 6.31. The maximum absolute atomic E-state index is 11.0. The number of hydrogen-bond donors (Lipinski definition) is 2. The van der Waals surface area contributed by atoms with Crippen molar-refractivity contribution < 1.29 is 14.6 Å². The van der Waals surface area contributed by atoms with Crippen molar-refractivity contribution in [1.82, 2.24) is 5.32 Å². The average Bonchev–Trinajstić information content (AvgIpc) is 2.63. The second-order valence-corrected chi connectivity index (χ2v) is 6.31. The van der Waals surface area contributed by atoms with Gasteiger partial charge in [0.2, 0.25) is 0 Å². The number of benzene rings is 1. The van der Waals surface area contributed by atoms with Gasteiger partial charge in [-0.25, -0.2) is 0 Å². The Labute approximate surface area is 162 Å². The van der Waals surface area contributed by atoms with E-state index in [-0.39, 0.29) is 12.3 Å². The van der Waals surface area contributed by atoms with E-state index in [1.165, 1.54) is 0 Å². The molecule has 1 rings (SSSR count). The number of aliphatic carboxylic acids is 1. The van der Waals surface area contributed by atoms with E-state index in [4.69, 9.17) is 9.84 Å². The fraction of sp³-hybridized carbons (Fsp3) is 0.348. The van der Waals surface area contributed by atoms with Gasteiger partial charge in [0, 0.05) is 6.54 Å². The highest BCUT2D eigenvalue weighted by atomic mass is 16.5. The molecule has 1 atom stereocenters. The van der Waals surface area contributed by atoms with Gasteiger partial charge in [0.05, 0.1) is 12.3 Å². The van der Waals surface area contributed by atoms with Gasteiger partial charge in [0.25, 0.3) is 0 Å². The summed E-state index contributed by atoms with van der Waals surface area (Å²) in [7, 11) is 0. The molecule has 27 heavy (non-hydrogen) atoms. The number of carboxylic acid groups (broad SMARTS) is 1. The third-order valence-corrected chi connectivity index (χ3v) is 3.77. The van der Waals surface area contributed by atoms with E-state index in [1.54, 1.807) is 6.92 Å². The second kappa shape index (κ2) is 12.6. The van der Waals surface area contributed by atoms with Crippen LogP contribution in [0.2, 0.25) is 0 Å². The topological polar surface area (TPSA) is 58.6 Å². The summed E-state index contributed by atoms with van der Waals surface area (Å²) in [4.78, 5) is 11.0. The first-order valence-electron chi connectivity index (χ1n) is 8.99. The summed E-state index contributed by atoms with van der Waals surface area (Å²) in [5.41, 5.74) is 2.96. The first-order valence-corrected chi connectivity index (χ1v) is 8.99. The molecule has 4 heteroatoms. The summed E-state index contributed by atoms with van der Waals surface area (Å²) in [6.45, 7) is 13.5. The van der Waals surface area contributed by atoms with Crippen molar-refractivity contribution in [3.05, 3.63) is 66.3 Å². The van der Waals surface area contributed by atoms with Gasteiger partial charge in [-0.2, -0.15) is 0 Å². The Morgan fingerprint density at radius 3 is 2.67 bits per heavy atom. The standard InChI is InChI=1S/C23H29NO3/c1-5-7-13-24-16-18(3)14-19(4)17-27-22-11-9-20(10-12-22)21(8-6-2)15-23(25)26/h5,9-12,14,21,24H,1,3,7,13,15-17H2,2,4H3,(H,25,26). The lowest BCUT2D eigenvalue weighted by molar-refractivity contribution is -0.137. The minimum atomic E-state index is -0.858.